The van der Waals surface area contributed by atoms with Gasteiger partial charge in [0, 0.05) is 0 Å². The zero-order valence-electron chi connectivity index (χ0n) is 14.4. The topological polar surface area (TPSA) is 0 Å². The molecule has 0 saturated heterocycles. The molecule has 0 N–H and O–H groups in total. The van der Waals surface area contributed by atoms with Crippen molar-refractivity contribution < 1.29 is 0 Å². The summed E-state index contributed by atoms with van der Waals surface area (Å²) >= 11 is 0. The fourth-order valence-corrected chi connectivity index (χ4v) is 4.86. The van der Waals surface area contributed by atoms with Crippen molar-refractivity contribution in [2.24, 2.45) is 17.8 Å². The van der Waals surface area contributed by atoms with Crippen LogP contribution in [-0.2, 0) is 11.8 Å². The maximum absolute atomic E-state index is 2.53. The highest BCUT2D eigenvalue weighted by atomic mass is 14.5. The molecular formula is C21H30. The van der Waals surface area contributed by atoms with Gasteiger partial charge >= 0.3 is 0 Å². The van der Waals surface area contributed by atoms with Crippen molar-refractivity contribution >= 4 is 0 Å². The smallest absolute Gasteiger partial charge is 0.00439 e. The number of hydrogen-bond donors (Lipinski definition) is 0. The van der Waals surface area contributed by atoms with Crippen LogP contribution >= 0.6 is 0 Å². The maximum atomic E-state index is 2.53. The second-order valence-electron chi connectivity index (χ2n) is 8.05. The molecular weight excluding hydrogens is 252 g/mol. The second-order valence-corrected chi connectivity index (χ2v) is 8.05. The van der Waals surface area contributed by atoms with Gasteiger partial charge in [0.2, 0.25) is 0 Å². The van der Waals surface area contributed by atoms with E-state index in [1.165, 1.54) is 36.8 Å². The molecule has 0 nitrogen and oxygen atoms in total. The van der Waals surface area contributed by atoms with Crippen LogP contribution in [0, 0.1) is 24.7 Å². The first-order chi connectivity index (χ1) is 9.91. The van der Waals surface area contributed by atoms with Crippen LogP contribution in [0.15, 0.2) is 29.8 Å². The molecule has 1 aromatic rings. The molecule has 0 amide bonds. The summed E-state index contributed by atoms with van der Waals surface area (Å²) in [6.45, 7) is 11.7. The van der Waals surface area contributed by atoms with Crippen LogP contribution in [0.3, 0.4) is 0 Å². The molecule has 0 radical (unpaired) electrons. The Balaban J connectivity index is 1.96. The fourth-order valence-electron chi connectivity index (χ4n) is 4.86. The Bertz CT molecular complexity index is 561. The predicted octanol–water partition coefficient (Wildman–Crippen LogP) is 5.83. The van der Waals surface area contributed by atoms with E-state index in [-0.39, 0.29) is 0 Å². The van der Waals surface area contributed by atoms with Crippen molar-refractivity contribution in [2.75, 3.05) is 0 Å². The summed E-state index contributed by atoms with van der Waals surface area (Å²) in [4.78, 5) is 0. The molecule has 4 unspecified atom stereocenters. The van der Waals surface area contributed by atoms with E-state index in [0.29, 0.717) is 5.41 Å². The van der Waals surface area contributed by atoms with E-state index in [1.807, 2.05) is 0 Å². The van der Waals surface area contributed by atoms with Gasteiger partial charge < -0.3 is 0 Å². The van der Waals surface area contributed by atoms with Crippen molar-refractivity contribution in [3.05, 3.63) is 46.5 Å². The molecule has 0 heterocycles. The Kier molecular flexibility index (Phi) is 3.76. The number of fused-ring (bicyclic) bond motifs is 4. The van der Waals surface area contributed by atoms with Crippen LogP contribution < -0.4 is 0 Å². The van der Waals surface area contributed by atoms with Crippen LogP contribution in [0.4, 0.5) is 0 Å². The summed E-state index contributed by atoms with van der Waals surface area (Å²) in [5, 5.41) is 0. The molecule has 2 bridgehead atoms. The maximum Gasteiger partial charge on any atom is -0.00439 e. The van der Waals surface area contributed by atoms with Gasteiger partial charge in [-0.1, -0.05) is 49.3 Å². The highest BCUT2D eigenvalue weighted by Gasteiger charge is 2.48. The first-order valence-electron chi connectivity index (χ1n) is 8.65. The normalized spacial score (nSPS) is 34.2. The number of hydrogen-bond acceptors (Lipinski definition) is 0. The van der Waals surface area contributed by atoms with Gasteiger partial charge in [-0.05, 0) is 80.8 Å². The Hall–Kier alpha value is -1.04. The van der Waals surface area contributed by atoms with E-state index < -0.39 is 0 Å². The van der Waals surface area contributed by atoms with E-state index in [1.54, 1.807) is 11.1 Å². The van der Waals surface area contributed by atoms with Crippen molar-refractivity contribution in [3.8, 4) is 0 Å². The van der Waals surface area contributed by atoms with Gasteiger partial charge in [0.25, 0.3) is 0 Å². The average Bonchev–Trinajstić information content (AvgIpc) is 2.43. The molecule has 2 aliphatic carbocycles. The minimum atomic E-state index is 0.408. The Morgan fingerprint density at radius 1 is 1.33 bits per heavy atom. The third-order valence-corrected chi connectivity index (χ3v) is 6.45. The van der Waals surface area contributed by atoms with Gasteiger partial charge in [0.1, 0.15) is 0 Å². The van der Waals surface area contributed by atoms with Gasteiger partial charge in [0.05, 0.1) is 0 Å². The van der Waals surface area contributed by atoms with E-state index in [4.69, 9.17) is 0 Å². The fraction of sp³-hybridized carbons (Fsp3) is 0.619. The molecule has 4 atom stereocenters. The Morgan fingerprint density at radius 2 is 2.10 bits per heavy atom. The van der Waals surface area contributed by atoms with E-state index in [0.717, 1.165) is 17.8 Å². The molecule has 1 aromatic carbocycles. The first-order valence-corrected chi connectivity index (χ1v) is 8.65. The summed E-state index contributed by atoms with van der Waals surface area (Å²) in [6.07, 6.45) is 7.82. The molecule has 114 valence electrons. The van der Waals surface area contributed by atoms with Crippen LogP contribution in [0.25, 0.3) is 0 Å². The lowest BCUT2D eigenvalue weighted by molar-refractivity contribution is 0.0681. The van der Waals surface area contributed by atoms with Gasteiger partial charge in [-0.25, -0.2) is 0 Å². The summed E-state index contributed by atoms with van der Waals surface area (Å²) in [7, 11) is 0. The quantitative estimate of drug-likeness (QED) is 0.599. The zero-order chi connectivity index (χ0) is 15.2. The first kappa shape index (κ1) is 14.9. The number of rotatable bonds is 2. The van der Waals surface area contributed by atoms with Crippen LogP contribution in [0.2, 0.25) is 0 Å². The molecule has 0 heteroatoms. The van der Waals surface area contributed by atoms with Crippen molar-refractivity contribution in [2.45, 2.75) is 65.7 Å². The average molecular weight is 282 g/mol. The molecule has 0 aromatic heterocycles. The van der Waals surface area contributed by atoms with Gasteiger partial charge in [-0.3, -0.25) is 0 Å². The predicted molar refractivity (Wildman–Crippen MR) is 91.7 cm³/mol. The van der Waals surface area contributed by atoms with Crippen LogP contribution in [0.1, 0.15) is 63.6 Å². The van der Waals surface area contributed by atoms with E-state index in [9.17, 15) is 0 Å². The van der Waals surface area contributed by atoms with Crippen molar-refractivity contribution in [1.82, 2.24) is 0 Å². The lowest BCUT2D eigenvalue weighted by Crippen LogP contribution is -2.47. The third kappa shape index (κ3) is 2.47. The molecule has 1 saturated carbocycles. The number of allylic oxidation sites excluding steroid dienone is 2. The largest absolute Gasteiger partial charge is 0.0856 e. The SMILES string of the molecule is CC(C)=CCC1CCC2(C)c3cc(C)ccc3CC1C2C. The number of aryl methyl sites for hydroxylation is 1. The number of benzene rings is 1. The highest BCUT2D eigenvalue weighted by Crippen LogP contribution is 2.55. The minimum absolute atomic E-state index is 0.408. The zero-order valence-corrected chi connectivity index (χ0v) is 14.4. The Morgan fingerprint density at radius 3 is 2.81 bits per heavy atom. The minimum Gasteiger partial charge on any atom is -0.0856 e. The molecule has 0 aliphatic heterocycles. The van der Waals surface area contributed by atoms with Gasteiger partial charge in [0.15, 0.2) is 0 Å². The van der Waals surface area contributed by atoms with Gasteiger partial charge in [-0.2, -0.15) is 0 Å². The summed E-state index contributed by atoms with van der Waals surface area (Å²) in [6, 6.07) is 7.18. The summed E-state index contributed by atoms with van der Waals surface area (Å²) < 4.78 is 0. The Labute approximate surface area is 130 Å². The molecule has 0 spiro atoms. The highest BCUT2D eigenvalue weighted by molar-refractivity contribution is 5.41. The molecule has 2 aliphatic rings. The van der Waals surface area contributed by atoms with Crippen LogP contribution in [-0.4, -0.2) is 0 Å². The lowest BCUT2D eigenvalue weighted by atomic mass is 9.51. The summed E-state index contributed by atoms with van der Waals surface area (Å²) in [5.74, 6) is 2.57. The lowest BCUT2D eigenvalue weighted by Gasteiger charge is -2.53. The molecule has 1 fully saturated rings. The monoisotopic (exact) mass is 282 g/mol. The van der Waals surface area contributed by atoms with Crippen molar-refractivity contribution in [3.63, 3.8) is 0 Å². The summed E-state index contributed by atoms with van der Waals surface area (Å²) in [5.41, 5.74) is 6.60. The van der Waals surface area contributed by atoms with E-state index in [2.05, 4.69) is 58.9 Å². The van der Waals surface area contributed by atoms with Crippen molar-refractivity contribution in [1.29, 1.82) is 0 Å². The van der Waals surface area contributed by atoms with Gasteiger partial charge in [-0.15, -0.1) is 0 Å². The van der Waals surface area contributed by atoms with Crippen LogP contribution in [0.5, 0.6) is 0 Å². The van der Waals surface area contributed by atoms with E-state index >= 15 is 0 Å². The standard InChI is InChI=1S/C21H30/c1-14(2)6-8-17-10-11-21(5)16(4)19(17)13-18-9-7-15(3)12-20(18)21/h6-7,9,12,16-17,19H,8,10-11,13H2,1-5H3. The third-order valence-electron chi connectivity index (χ3n) is 6.45. The second kappa shape index (κ2) is 5.30. The molecule has 3 rings (SSSR count). The molecule has 21 heavy (non-hydrogen) atoms.